The maximum Gasteiger partial charge on any atom is 0.314 e. The van der Waals surface area contributed by atoms with Crippen LogP contribution in [0.2, 0.25) is 0 Å². The number of fused-ring (bicyclic) bond motifs is 1. The lowest BCUT2D eigenvalue weighted by atomic mass is 10.7. The van der Waals surface area contributed by atoms with Gasteiger partial charge in [0.25, 0.3) is 0 Å². The Hall–Kier alpha value is -0.810. The second kappa shape index (κ2) is 2.10. The monoisotopic (exact) mass is 169 g/mol. The van der Waals surface area contributed by atoms with Crippen molar-refractivity contribution in [2.24, 2.45) is 0 Å². The molecule has 0 aliphatic rings. The van der Waals surface area contributed by atoms with Gasteiger partial charge < -0.3 is 12.6 Å². The molecule has 2 heterocycles. The van der Waals surface area contributed by atoms with Crippen LogP contribution in [0.15, 0.2) is 22.8 Å². The summed E-state index contributed by atoms with van der Waals surface area (Å²) in [6, 6.07) is 1.82. The Morgan fingerprint density at radius 2 is 2.50 bits per heavy atom. The minimum Gasteiger partial charge on any atom is -0.404 e. The first-order valence-corrected chi connectivity index (χ1v) is 3.89. The number of aromatic nitrogens is 3. The van der Waals surface area contributed by atoms with E-state index in [2.05, 4.69) is 10.1 Å². The van der Waals surface area contributed by atoms with Gasteiger partial charge in [-0.05, 0) is 0 Å². The van der Waals surface area contributed by atoms with E-state index in [1.54, 1.807) is 10.7 Å². The zero-order valence-corrected chi connectivity index (χ0v) is 6.52. The van der Waals surface area contributed by atoms with E-state index in [-0.39, 0.29) is 0 Å². The summed E-state index contributed by atoms with van der Waals surface area (Å²) in [7, 11) is 0. The molecule has 0 aliphatic heterocycles. The lowest BCUT2D eigenvalue weighted by Gasteiger charge is -1.76. The summed E-state index contributed by atoms with van der Waals surface area (Å²) < 4.78 is 2.30. The van der Waals surface area contributed by atoms with Gasteiger partial charge in [0, 0.05) is 10.4 Å². The molecule has 2 aromatic rings. The Kier molecular flexibility index (Phi) is 1.25. The number of nitrogens with zero attached hydrogens (tertiary/aromatic N) is 3. The van der Waals surface area contributed by atoms with E-state index in [1.165, 1.54) is 11.3 Å². The third kappa shape index (κ3) is 0.833. The highest BCUT2D eigenvalue weighted by Gasteiger charge is 1.97. The minimum atomic E-state index is 0.624. The molecule has 0 unspecified atom stereocenters. The van der Waals surface area contributed by atoms with Crippen LogP contribution in [-0.4, -0.2) is 10.1 Å². The molecule has 3 nitrogen and oxygen atoms in total. The van der Waals surface area contributed by atoms with Crippen LogP contribution in [0, 0.1) is 0 Å². The van der Waals surface area contributed by atoms with Gasteiger partial charge >= 0.3 is 4.96 Å². The molecule has 0 saturated heterocycles. The van der Waals surface area contributed by atoms with Crippen molar-refractivity contribution in [1.29, 1.82) is 0 Å². The first kappa shape index (κ1) is 5.94. The molecule has 0 N–H and O–H groups in total. The topological polar surface area (TPSA) is 29.9 Å². The molecule has 0 spiro atoms. The Balaban J connectivity index is 2.88. The van der Waals surface area contributed by atoms with Crippen molar-refractivity contribution >= 4 is 28.9 Å². The average Bonchev–Trinajstić information content (AvgIpc) is 2.27. The molecule has 0 radical (unpaired) electrons. The van der Waals surface area contributed by atoms with E-state index in [1.807, 2.05) is 12.3 Å². The molecule has 10 heavy (non-hydrogen) atoms. The van der Waals surface area contributed by atoms with E-state index in [4.69, 9.17) is 12.6 Å². The van der Waals surface area contributed by atoms with Gasteiger partial charge in [0.15, 0.2) is 0 Å². The molecule has 0 aromatic carbocycles. The Morgan fingerprint density at radius 3 is 3.30 bits per heavy atom. The number of hydrogen-bond acceptors (Lipinski definition) is 4. The van der Waals surface area contributed by atoms with Crippen LogP contribution < -0.4 is 4.52 Å². The third-order valence-electron chi connectivity index (χ3n) is 1.06. The number of hydrogen-bond donors (Lipinski definition) is 0. The fourth-order valence-corrected chi connectivity index (χ4v) is 1.59. The van der Waals surface area contributed by atoms with Crippen molar-refractivity contribution in [3.63, 3.8) is 0 Å². The smallest absolute Gasteiger partial charge is 0.314 e. The molecule has 0 aliphatic carbocycles. The SMILES string of the molecule is [S-]c1n[n+]2cccnc2s1. The molecule has 2 aromatic heterocycles. The van der Waals surface area contributed by atoms with Crippen molar-refractivity contribution in [2.45, 2.75) is 4.34 Å². The highest BCUT2D eigenvalue weighted by Crippen LogP contribution is 2.03. The fourth-order valence-electron chi connectivity index (χ4n) is 0.685. The van der Waals surface area contributed by atoms with Crippen LogP contribution in [0.4, 0.5) is 0 Å². The molecule has 0 fully saturated rings. The molecule has 0 atom stereocenters. The molecular weight excluding hydrogens is 166 g/mol. The van der Waals surface area contributed by atoms with Crippen molar-refractivity contribution < 1.29 is 4.52 Å². The van der Waals surface area contributed by atoms with Crippen LogP contribution in [0.5, 0.6) is 0 Å². The largest absolute Gasteiger partial charge is 0.404 e. The molecule has 0 bridgehead atoms. The molecule has 0 amide bonds. The Morgan fingerprint density at radius 1 is 1.60 bits per heavy atom. The van der Waals surface area contributed by atoms with E-state index in [0.717, 1.165) is 4.96 Å². The van der Waals surface area contributed by atoms with E-state index >= 15 is 0 Å². The molecule has 50 valence electrons. The van der Waals surface area contributed by atoms with Crippen LogP contribution in [0.25, 0.3) is 4.96 Å². The first-order valence-electron chi connectivity index (χ1n) is 2.67. The van der Waals surface area contributed by atoms with Gasteiger partial charge in [-0.1, -0.05) is 10.1 Å². The lowest BCUT2D eigenvalue weighted by molar-refractivity contribution is -0.581. The van der Waals surface area contributed by atoms with Gasteiger partial charge in [0.1, 0.15) is 12.4 Å². The van der Waals surface area contributed by atoms with Gasteiger partial charge in [-0.15, -0.1) is 4.52 Å². The van der Waals surface area contributed by atoms with Crippen LogP contribution in [-0.2, 0) is 12.6 Å². The van der Waals surface area contributed by atoms with E-state index in [0.29, 0.717) is 4.34 Å². The zero-order valence-electron chi connectivity index (χ0n) is 4.89. The summed E-state index contributed by atoms with van der Waals surface area (Å²) in [4.78, 5) is 4.89. The van der Waals surface area contributed by atoms with Crippen molar-refractivity contribution in [3.8, 4) is 0 Å². The maximum atomic E-state index is 4.86. The molecular formula is C5H3N3S2. The quantitative estimate of drug-likeness (QED) is 0.416. The summed E-state index contributed by atoms with van der Waals surface area (Å²) in [5, 5.41) is 4.00. The Labute approximate surface area is 66.8 Å². The summed E-state index contributed by atoms with van der Waals surface area (Å²) >= 11 is 6.27. The standard InChI is InChI=1S/C5H3N3S2/c9-5-7-8-3-1-2-6-4(8)10-5/h1-3H. The summed E-state index contributed by atoms with van der Waals surface area (Å²) in [5.41, 5.74) is 0. The average molecular weight is 169 g/mol. The van der Waals surface area contributed by atoms with Gasteiger partial charge in [0.05, 0.1) is 0 Å². The molecule has 2 rings (SSSR count). The second-order valence-electron chi connectivity index (χ2n) is 1.71. The van der Waals surface area contributed by atoms with E-state index in [9.17, 15) is 0 Å². The van der Waals surface area contributed by atoms with Crippen molar-refractivity contribution in [3.05, 3.63) is 18.5 Å². The summed E-state index contributed by atoms with van der Waals surface area (Å²) in [6.07, 6.45) is 3.55. The second-order valence-corrected chi connectivity index (χ2v) is 3.32. The minimum absolute atomic E-state index is 0.624. The van der Waals surface area contributed by atoms with Gasteiger partial charge in [-0.25, -0.2) is 0 Å². The van der Waals surface area contributed by atoms with E-state index < -0.39 is 0 Å². The van der Waals surface area contributed by atoms with Crippen LogP contribution >= 0.6 is 11.3 Å². The maximum absolute atomic E-state index is 4.86. The molecule has 0 saturated carbocycles. The van der Waals surface area contributed by atoms with Crippen molar-refractivity contribution in [1.82, 2.24) is 10.1 Å². The zero-order chi connectivity index (χ0) is 6.97. The third-order valence-corrected chi connectivity index (χ3v) is 2.13. The summed E-state index contributed by atoms with van der Waals surface area (Å²) in [6.45, 7) is 0. The highest BCUT2D eigenvalue weighted by molar-refractivity contribution is 7.62. The van der Waals surface area contributed by atoms with Crippen LogP contribution in [0.1, 0.15) is 0 Å². The predicted octanol–water partition coefficient (Wildman–Crippen LogP) is 0.183. The fraction of sp³-hybridized carbons (Fsp3) is 0. The van der Waals surface area contributed by atoms with Gasteiger partial charge in [-0.2, -0.15) is 0 Å². The van der Waals surface area contributed by atoms with Crippen molar-refractivity contribution in [2.75, 3.05) is 0 Å². The normalized spacial score (nSPS) is 10.4. The first-order chi connectivity index (χ1) is 4.86. The summed E-state index contributed by atoms with van der Waals surface area (Å²) in [5.74, 6) is 0. The lowest BCUT2D eigenvalue weighted by Crippen LogP contribution is -2.22. The van der Waals surface area contributed by atoms with Gasteiger partial charge in [-0.3, -0.25) is 11.3 Å². The Bertz CT molecular complexity index is 323. The van der Waals surface area contributed by atoms with Crippen LogP contribution in [0.3, 0.4) is 0 Å². The number of rotatable bonds is 0. The predicted molar refractivity (Wildman–Crippen MR) is 38.7 cm³/mol. The molecule has 5 heteroatoms. The van der Waals surface area contributed by atoms with Gasteiger partial charge in [0.2, 0.25) is 0 Å². The highest BCUT2D eigenvalue weighted by atomic mass is 32.2.